The predicted molar refractivity (Wildman–Crippen MR) is 69.1 cm³/mol. The summed E-state index contributed by atoms with van der Waals surface area (Å²) in [6, 6.07) is 0.616. The van der Waals surface area contributed by atoms with Crippen LogP contribution in [0.4, 0.5) is 0 Å². The summed E-state index contributed by atoms with van der Waals surface area (Å²) in [5, 5.41) is 9.87. The topological polar surface area (TPSA) is 32.7 Å². The van der Waals surface area contributed by atoms with Gasteiger partial charge in [-0.3, -0.25) is 4.90 Å². The SMILES string of the molecule is CCOCCN1C[C@@H](O)C[C@@H]1C1CCCCC1. The van der Waals surface area contributed by atoms with Crippen LogP contribution in [0.3, 0.4) is 0 Å². The summed E-state index contributed by atoms with van der Waals surface area (Å²) in [5.74, 6) is 0.822. The van der Waals surface area contributed by atoms with Gasteiger partial charge in [0, 0.05) is 25.7 Å². The zero-order valence-electron chi connectivity index (χ0n) is 11.1. The molecule has 2 fully saturated rings. The molecule has 3 nitrogen and oxygen atoms in total. The van der Waals surface area contributed by atoms with Crippen molar-refractivity contribution in [2.75, 3.05) is 26.3 Å². The van der Waals surface area contributed by atoms with Crippen molar-refractivity contribution in [2.24, 2.45) is 5.92 Å². The highest BCUT2D eigenvalue weighted by molar-refractivity contribution is 4.90. The first-order chi connectivity index (χ1) is 8.31. The van der Waals surface area contributed by atoms with Gasteiger partial charge in [-0.1, -0.05) is 19.3 Å². The number of aliphatic hydroxyl groups is 1. The Morgan fingerprint density at radius 1 is 1.24 bits per heavy atom. The summed E-state index contributed by atoms with van der Waals surface area (Å²) in [4.78, 5) is 2.47. The maximum Gasteiger partial charge on any atom is 0.0682 e. The van der Waals surface area contributed by atoms with Gasteiger partial charge >= 0.3 is 0 Å². The molecule has 0 spiro atoms. The minimum absolute atomic E-state index is 0.108. The van der Waals surface area contributed by atoms with Gasteiger partial charge in [0.05, 0.1) is 12.7 Å². The van der Waals surface area contributed by atoms with Crippen molar-refractivity contribution in [3.8, 4) is 0 Å². The minimum atomic E-state index is -0.108. The van der Waals surface area contributed by atoms with Crippen molar-refractivity contribution in [1.82, 2.24) is 4.90 Å². The van der Waals surface area contributed by atoms with Crippen LogP contribution in [0.15, 0.2) is 0 Å². The highest BCUT2D eigenvalue weighted by Crippen LogP contribution is 2.34. The number of aliphatic hydroxyl groups excluding tert-OH is 1. The molecule has 0 bridgehead atoms. The summed E-state index contributed by atoms with van der Waals surface area (Å²) in [5.41, 5.74) is 0. The number of rotatable bonds is 5. The Labute approximate surface area is 105 Å². The maximum atomic E-state index is 9.87. The lowest BCUT2D eigenvalue weighted by atomic mass is 9.83. The van der Waals surface area contributed by atoms with Crippen molar-refractivity contribution in [2.45, 2.75) is 57.6 Å². The zero-order valence-corrected chi connectivity index (χ0v) is 11.1. The highest BCUT2D eigenvalue weighted by Gasteiger charge is 2.36. The quantitative estimate of drug-likeness (QED) is 0.748. The van der Waals surface area contributed by atoms with E-state index in [9.17, 15) is 5.11 Å². The lowest BCUT2D eigenvalue weighted by Gasteiger charge is -2.33. The van der Waals surface area contributed by atoms with E-state index in [2.05, 4.69) is 4.90 Å². The van der Waals surface area contributed by atoms with Gasteiger partial charge in [0.15, 0.2) is 0 Å². The fourth-order valence-electron chi connectivity index (χ4n) is 3.50. The molecule has 2 atom stereocenters. The summed E-state index contributed by atoms with van der Waals surface area (Å²) >= 11 is 0. The molecule has 1 N–H and O–H groups in total. The van der Waals surface area contributed by atoms with E-state index in [0.717, 1.165) is 38.6 Å². The van der Waals surface area contributed by atoms with Crippen LogP contribution >= 0.6 is 0 Å². The third-order valence-electron chi connectivity index (χ3n) is 4.35. The number of nitrogens with zero attached hydrogens (tertiary/aromatic N) is 1. The van der Waals surface area contributed by atoms with Gasteiger partial charge in [-0.25, -0.2) is 0 Å². The molecule has 0 aromatic rings. The van der Waals surface area contributed by atoms with Crippen LogP contribution in [0.2, 0.25) is 0 Å². The van der Waals surface area contributed by atoms with Gasteiger partial charge in [-0.05, 0) is 32.1 Å². The zero-order chi connectivity index (χ0) is 12.1. The van der Waals surface area contributed by atoms with Crippen molar-refractivity contribution in [1.29, 1.82) is 0 Å². The number of hydrogen-bond acceptors (Lipinski definition) is 3. The molecule has 0 unspecified atom stereocenters. The molecule has 17 heavy (non-hydrogen) atoms. The van der Waals surface area contributed by atoms with Crippen LogP contribution in [-0.4, -0.2) is 48.5 Å². The fraction of sp³-hybridized carbons (Fsp3) is 1.00. The maximum absolute atomic E-state index is 9.87. The largest absolute Gasteiger partial charge is 0.392 e. The Hall–Kier alpha value is -0.120. The summed E-state index contributed by atoms with van der Waals surface area (Å²) in [7, 11) is 0. The molecular weight excluding hydrogens is 214 g/mol. The van der Waals surface area contributed by atoms with E-state index < -0.39 is 0 Å². The lowest BCUT2D eigenvalue weighted by molar-refractivity contribution is 0.0857. The fourth-order valence-corrected chi connectivity index (χ4v) is 3.50. The van der Waals surface area contributed by atoms with Crippen molar-refractivity contribution in [3.63, 3.8) is 0 Å². The van der Waals surface area contributed by atoms with Crippen LogP contribution in [0.1, 0.15) is 45.4 Å². The molecule has 0 aromatic heterocycles. The van der Waals surface area contributed by atoms with E-state index in [4.69, 9.17) is 4.74 Å². The highest BCUT2D eigenvalue weighted by atomic mass is 16.5. The molecule has 2 aliphatic rings. The van der Waals surface area contributed by atoms with E-state index in [1.165, 1.54) is 32.1 Å². The summed E-state index contributed by atoms with van der Waals surface area (Å²) in [6.45, 7) is 5.49. The molecule has 1 aliphatic carbocycles. The molecule has 2 rings (SSSR count). The summed E-state index contributed by atoms with van der Waals surface area (Å²) in [6.07, 6.45) is 7.78. The second kappa shape index (κ2) is 6.72. The Kier molecular flexibility index (Phi) is 5.26. The van der Waals surface area contributed by atoms with Crippen LogP contribution in [0.25, 0.3) is 0 Å². The second-order valence-electron chi connectivity index (χ2n) is 5.55. The molecule has 0 amide bonds. The monoisotopic (exact) mass is 241 g/mol. The van der Waals surface area contributed by atoms with Crippen LogP contribution in [0, 0.1) is 5.92 Å². The number of β-amino-alcohol motifs (C(OH)–C–C–N with tert-alkyl or cyclic N) is 1. The average molecular weight is 241 g/mol. The number of likely N-dealkylation sites (tertiary alicyclic amines) is 1. The first kappa shape index (κ1) is 13.3. The number of hydrogen-bond donors (Lipinski definition) is 1. The van der Waals surface area contributed by atoms with Gasteiger partial charge < -0.3 is 9.84 Å². The molecule has 1 heterocycles. The van der Waals surface area contributed by atoms with E-state index >= 15 is 0 Å². The van der Waals surface area contributed by atoms with E-state index in [1.807, 2.05) is 6.92 Å². The standard InChI is InChI=1S/C14H27NO2/c1-2-17-9-8-15-11-13(16)10-14(15)12-6-4-3-5-7-12/h12-14,16H,2-11H2,1H3/t13-,14+/m0/s1. The van der Waals surface area contributed by atoms with Crippen molar-refractivity contribution < 1.29 is 9.84 Å². The van der Waals surface area contributed by atoms with E-state index in [1.54, 1.807) is 0 Å². The molecule has 1 aliphatic heterocycles. The first-order valence-corrected chi connectivity index (χ1v) is 7.31. The van der Waals surface area contributed by atoms with Gasteiger partial charge in [-0.15, -0.1) is 0 Å². The molecule has 1 saturated carbocycles. The predicted octanol–water partition coefficient (Wildman–Crippen LogP) is 2.04. The Morgan fingerprint density at radius 2 is 2.00 bits per heavy atom. The van der Waals surface area contributed by atoms with Gasteiger partial charge in [0.1, 0.15) is 0 Å². The van der Waals surface area contributed by atoms with Crippen molar-refractivity contribution in [3.05, 3.63) is 0 Å². The molecular formula is C14H27NO2. The lowest BCUT2D eigenvalue weighted by Crippen LogP contribution is -2.38. The third kappa shape index (κ3) is 3.67. The molecule has 100 valence electrons. The molecule has 1 saturated heterocycles. The average Bonchev–Trinajstić information content (AvgIpc) is 2.72. The minimum Gasteiger partial charge on any atom is -0.392 e. The van der Waals surface area contributed by atoms with Crippen molar-refractivity contribution >= 4 is 0 Å². The Morgan fingerprint density at radius 3 is 2.71 bits per heavy atom. The normalized spacial score (nSPS) is 32.1. The van der Waals surface area contributed by atoms with Gasteiger partial charge in [0.2, 0.25) is 0 Å². The van der Waals surface area contributed by atoms with Crippen LogP contribution in [-0.2, 0) is 4.74 Å². The second-order valence-corrected chi connectivity index (χ2v) is 5.55. The van der Waals surface area contributed by atoms with Crippen LogP contribution < -0.4 is 0 Å². The molecule has 3 heteroatoms. The smallest absolute Gasteiger partial charge is 0.0682 e. The van der Waals surface area contributed by atoms with Gasteiger partial charge in [-0.2, -0.15) is 0 Å². The van der Waals surface area contributed by atoms with E-state index in [-0.39, 0.29) is 6.10 Å². The molecule has 0 aromatic carbocycles. The van der Waals surface area contributed by atoms with Crippen LogP contribution in [0.5, 0.6) is 0 Å². The third-order valence-corrected chi connectivity index (χ3v) is 4.35. The number of ether oxygens (including phenoxy) is 1. The summed E-state index contributed by atoms with van der Waals surface area (Å²) < 4.78 is 5.44. The Balaban J connectivity index is 1.84. The first-order valence-electron chi connectivity index (χ1n) is 7.31. The molecule has 0 radical (unpaired) electrons. The van der Waals surface area contributed by atoms with E-state index in [0.29, 0.717) is 6.04 Å². The van der Waals surface area contributed by atoms with Gasteiger partial charge in [0.25, 0.3) is 0 Å². The Bertz CT molecular complexity index is 216.